The number of carbonyl (C=O) groups is 2. The number of hydrogen-bond acceptors (Lipinski definition) is 14. The first-order chi connectivity index (χ1) is 30.7. The molecule has 0 saturated heterocycles. The lowest BCUT2D eigenvalue weighted by atomic mass is 10.3. The van der Waals surface area contributed by atoms with Gasteiger partial charge in [0.15, 0.2) is 11.6 Å². The summed E-state index contributed by atoms with van der Waals surface area (Å²) in [6.45, 7) is 4.61. The molecule has 0 aliphatic heterocycles. The molecule has 4 N–H and O–H groups in total. The second-order valence-corrected chi connectivity index (χ2v) is 20.5. The number of halogens is 2. The number of pyridine rings is 2. The maximum atomic E-state index is 12.6. The number of nitrogens with zero attached hydrogens (tertiary/aromatic N) is 10. The number of nitrogens with two attached hydrogens (primary N) is 1. The summed E-state index contributed by atoms with van der Waals surface area (Å²) in [6, 6.07) is 9.40. The van der Waals surface area contributed by atoms with E-state index in [-0.39, 0.29) is 31.2 Å². The molecule has 344 valence electrons. The van der Waals surface area contributed by atoms with E-state index < -0.39 is 31.9 Å². The van der Waals surface area contributed by atoms with Crippen LogP contribution >= 0.6 is 23.2 Å². The van der Waals surface area contributed by atoms with Crippen LogP contribution in [0.1, 0.15) is 70.6 Å². The van der Waals surface area contributed by atoms with Crippen molar-refractivity contribution in [2.24, 2.45) is 41.9 Å². The Hall–Kier alpha value is -5.88. The van der Waals surface area contributed by atoms with Gasteiger partial charge in [0.25, 0.3) is 15.9 Å². The molecular formula is C40H44Cl2N12O9S2. The second-order valence-electron chi connectivity index (χ2n) is 16.6. The fourth-order valence-electron chi connectivity index (χ4n) is 7.44. The molecule has 2 unspecified atom stereocenters. The summed E-state index contributed by atoms with van der Waals surface area (Å²) in [5.74, 6) is 1.18. The summed E-state index contributed by atoms with van der Waals surface area (Å²) in [7, 11) is -4.44. The van der Waals surface area contributed by atoms with Gasteiger partial charge >= 0.3 is 5.97 Å². The molecule has 6 heterocycles. The van der Waals surface area contributed by atoms with E-state index in [1.54, 1.807) is 58.5 Å². The largest absolute Gasteiger partial charge is 0.478 e. The van der Waals surface area contributed by atoms with Crippen LogP contribution in [0.25, 0.3) is 11.6 Å². The van der Waals surface area contributed by atoms with Crippen LogP contribution < -0.4 is 19.3 Å². The van der Waals surface area contributed by atoms with Crippen molar-refractivity contribution in [3.05, 3.63) is 94.0 Å². The van der Waals surface area contributed by atoms with Gasteiger partial charge in [0.05, 0.1) is 48.1 Å². The minimum Gasteiger partial charge on any atom is -0.478 e. The quantitative estimate of drug-likeness (QED) is 0.135. The summed E-state index contributed by atoms with van der Waals surface area (Å²) in [6.07, 6.45) is 13.6. The highest BCUT2D eigenvalue weighted by Crippen LogP contribution is 2.71. The Bertz CT molecular complexity index is 3050. The third kappa shape index (κ3) is 10.0. The molecule has 0 aromatic carbocycles. The molecule has 2 spiro atoms. The fourth-order valence-corrected chi connectivity index (χ4v) is 9.82. The number of aromatic nitrogens is 10. The zero-order chi connectivity index (χ0) is 46.6. The number of sulfonamides is 2. The number of ether oxygens (including phenoxy) is 2. The van der Waals surface area contributed by atoms with E-state index >= 15 is 0 Å². The van der Waals surface area contributed by atoms with E-state index in [9.17, 15) is 26.4 Å². The van der Waals surface area contributed by atoms with E-state index in [1.165, 1.54) is 87.8 Å². The van der Waals surface area contributed by atoms with Gasteiger partial charge in [-0.3, -0.25) is 14.2 Å². The monoisotopic (exact) mass is 970 g/mol. The van der Waals surface area contributed by atoms with Crippen molar-refractivity contribution >= 4 is 55.1 Å². The second kappa shape index (κ2) is 17.2. The Balaban J connectivity index is 0.000000150. The summed E-state index contributed by atoms with van der Waals surface area (Å²) in [5, 5.41) is 29.9. The zero-order valence-corrected chi connectivity index (χ0v) is 38.6. The van der Waals surface area contributed by atoms with Crippen molar-refractivity contribution in [3.8, 4) is 23.4 Å². The van der Waals surface area contributed by atoms with Crippen LogP contribution in [0.3, 0.4) is 0 Å². The van der Waals surface area contributed by atoms with Crippen molar-refractivity contribution in [2.45, 2.75) is 62.2 Å². The van der Waals surface area contributed by atoms with E-state index in [1.807, 2.05) is 4.72 Å². The van der Waals surface area contributed by atoms with E-state index in [0.717, 1.165) is 0 Å². The SMILES string of the molecule is Cc1c(S(=O)(=O)NC(=O)c2ccc(-n3ccc(OCC4CC45CC5)n3)nc2Cl)cnn1C.Cc1c(S(N)(=O)=O)cnn1C.O=C(O)c1ccc(-n2ccc(OCC3CC34CC4)n2)nc1Cl. The van der Waals surface area contributed by atoms with Crippen LogP contribution in [-0.4, -0.2) is 96.1 Å². The van der Waals surface area contributed by atoms with Crippen LogP contribution in [0.15, 0.2) is 71.0 Å². The topological polar surface area (TPSA) is 276 Å². The first-order valence-corrected chi connectivity index (χ1v) is 24.0. The number of primary sulfonamides is 1. The molecule has 0 bridgehead atoms. The number of nitrogens with one attached hydrogen (secondary N) is 1. The highest BCUT2D eigenvalue weighted by molar-refractivity contribution is 7.90. The zero-order valence-electron chi connectivity index (χ0n) is 35.4. The number of rotatable bonds is 13. The molecule has 4 saturated carbocycles. The highest BCUT2D eigenvalue weighted by atomic mass is 35.5. The van der Waals surface area contributed by atoms with Crippen LogP contribution in [-0.2, 0) is 34.1 Å². The Morgan fingerprint density at radius 1 is 0.754 bits per heavy atom. The van der Waals surface area contributed by atoms with Gasteiger partial charge in [0.1, 0.15) is 20.1 Å². The molecule has 21 nitrogen and oxygen atoms in total. The molecule has 0 radical (unpaired) electrons. The number of carboxylic acids is 1. The molecular weight excluding hydrogens is 928 g/mol. The smallest absolute Gasteiger partial charge is 0.338 e. The molecule has 1 amide bonds. The van der Waals surface area contributed by atoms with Crippen molar-refractivity contribution in [3.63, 3.8) is 0 Å². The Morgan fingerprint density at radius 3 is 1.55 bits per heavy atom. The van der Waals surface area contributed by atoms with Crippen molar-refractivity contribution in [1.29, 1.82) is 0 Å². The van der Waals surface area contributed by atoms with Gasteiger partial charge in [-0.2, -0.15) is 10.2 Å². The van der Waals surface area contributed by atoms with Gasteiger partial charge in [-0.1, -0.05) is 23.2 Å². The lowest BCUT2D eigenvalue weighted by molar-refractivity contribution is 0.0696. The first kappa shape index (κ1) is 45.7. The van der Waals surface area contributed by atoms with Gasteiger partial charge in [0, 0.05) is 38.6 Å². The van der Waals surface area contributed by atoms with Crippen LogP contribution in [0.4, 0.5) is 0 Å². The van der Waals surface area contributed by atoms with Crippen LogP contribution in [0, 0.1) is 36.5 Å². The summed E-state index contributed by atoms with van der Waals surface area (Å²) < 4.78 is 66.0. The lowest BCUT2D eigenvalue weighted by Gasteiger charge is -2.09. The maximum Gasteiger partial charge on any atom is 0.338 e. The fraction of sp³-hybridized carbons (Fsp3) is 0.400. The molecule has 4 aliphatic rings. The summed E-state index contributed by atoms with van der Waals surface area (Å²) in [5.41, 5.74) is 2.02. The number of aryl methyl sites for hydroxylation is 2. The predicted octanol–water partition coefficient (Wildman–Crippen LogP) is 4.43. The minimum absolute atomic E-state index is 0.0301. The van der Waals surface area contributed by atoms with Crippen molar-refractivity contribution in [1.82, 2.24) is 53.8 Å². The number of carbonyl (C=O) groups excluding carboxylic acids is 1. The van der Waals surface area contributed by atoms with Gasteiger partial charge in [-0.25, -0.2) is 50.8 Å². The predicted molar refractivity (Wildman–Crippen MR) is 232 cm³/mol. The highest BCUT2D eigenvalue weighted by Gasteiger charge is 2.63. The molecule has 6 aromatic heterocycles. The lowest BCUT2D eigenvalue weighted by Crippen LogP contribution is -2.31. The Morgan fingerprint density at radius 2 is 1.20 bits per heavy atom. The maximum absolute atomic E-state index is 12.6. The third-order valence-electron chi connectivity index (χ3n) is 12.3. The van der Waals surface area contributed by atoms with Gasteiger partial charge in [-0.15, -0.1) is 10.2 Å². The summed E-state index contributed by atoms with van der Waals surface area (Å²) >= 11 is 12.1. The number of aromatic carboxylic acids is 1. The Labute approximate surface area is 383 Å². The first-order valence-electron chi connectivity index (χ1n) is 20.2. The molecule has 6 aromatic rings. The average molecular weight is 972 g/mol. The van der Waals surface area contributed by atoms with Gasteiger partial charge in [-0.05, 0) is 99.3 Å². The number of hydrogen-bond donors (Lipinski definition) is 3. The van der Waals surface area contributed by atoms with Crippen LogP contribution in [0.5, 0.6) is 11.8 Å². The molecule has 4 fully saturated rings. The van der Waals surface area contributed by atoms with Gasteiger partial charge in [0.2, 0.25) is 21.8 Å². The molecule has 4 aliphatic carbocycles. The van der Waals surface area contributed by atoms with Crippen LogP contribution in [0.2, 0.25) is 10.3 Å². The normalized spacial score (nSPS) is 18.2. The van der Waals surface area contributed by atoms with E-state index in [0.29, 0.717) is 70.7 Å². The van der Waals surface area contributed by atoms with Crippen molar-refractivity contribution < 1.29 is 41.0 Å². The summed E-state index contributed by atoms with van der Waals surface area (Å²) in [4.78, 5) is 31.7. The molecule has 2 atom stereocenters. The van der Waals surface area contributed by atoms with E-state index in [2.05, 4.69) is 30.4 Å². The van der Waals surface area contributed by atoms with Gasteiger partial charge < -0.3 is 14.6 Å². The molecule has 10 rings (SSSR count). The number of amides is 1. The number of carboxylic acid groups (broad SMARTS) is 1. The standard InChI is InChI=1S/C20H21ClN6O4S.C15H14ClN3O3.C5H9N3O2S/c1-12-15(10-22-26(12)2)32(29,30)25-19(28)14-3-4-16(23-18(14)21)27-8-5-17(24-27)31-11-13-9-20(13)6-7-20;16-13-10(14(20)21)1-2-11(17-13)19-6-3-12(18-19)22-8-9-7-15(9)4-5-15;1-4-5(11(6,9)10)3-7-8(4)2/h3-5,8,10,13H,6-7,9,11H2,1-2H3,(H,25,28);1-3,6,9H,4-5,7-8H2,(H,20,21);3H,1-2H3,(H2,6,9,10). The minimum atomic E-state index is -4.11. The third-order valence-corrected chi connectivity index (χ3v) is 15.3. The Kier molecular flexibility index (Phi) is 12.1. The van der Waals surface area contributed by atoms with E-state index in [4.69, 9.17) is 42.9 Å². The molecule has 65 heavy (non-hydrogen) atoms. The average Bonchev–Trinajstić information content (AvgIpc) is 4.23. The molecule has 25 heteroatoms. The van der Waals surface area contributed by atoms with Crippen molar-refractivity contribution in [2.75, 3.05) is 13.2 Å².